The molecule has 2 rings (SSSR count). The number of nitrogens with zero attached hydrogens (tertiary/aromatic N) is 4. The van der Waals surface area contributed by atoms with E-state index in [1.165, 1.54) is 0 Å². The molecular formula is C15H28N6. The van der Waals surface area contributed by atoms with Crippen LogP contribution in [0.2, 0.25) is 0 Å². The zero-order valence-corrected chi connectivity index (χ0v) is 13.8. The fourth-order valence-corrected chi connectivity index (χ4v) is 2.47. The summed E-state index contributed by atoms with van der Waals surface area (Å²) in [6, 6.07) is 2.53. The van der Waals surface area contributed by atoms with Gasteiger partial charge in [-0.3, -0.25) is 4.90 Å². The lowest BCUT2D eigenvalue weighted by molar-refractivity contribution is 0.209. The Morgan fingerprint density at radius 1 is 1.14 bits per heavy atom. The molecule has 0 aromatic carbocycles. The van der Waals surface area contributed by atoms with Gasteiger partial charge in [-0.1, -0.05) is 20.8 Å². The van der Waals surface area contributed by atoms with E-state index in [-0.39, 0.29) is 5.41 Å². The van der Waals surface area contributed by atoms with Crippen LogP contribution in [0.15, 0.2) is 6.07 Å². The van der Waals surface area contributed by atoms with Crippen LogP contribution in [0, 0.1) is 0 Å². The van der Waals surface area contributed by atoms with E-state index in [1.54, 1.807) is 0 Å². The minimum Gasteiger partial charge on any atom is -0.354 e. The molecule has 0 bridgehead atoms. The lowest BCUT2D eigenvalue weighted by Gasteiger charge is -2.37. The van der Waals surface area contributed by atoms with Crippen LogP contribution in [-0.2, 0) is 5.41 Å². The first-order chi connectivity index (χ1) is 9.81. The van der Waals surface area contributed by atoms with Crippen LogP contribution in [0.5, 0.6) is 0 Å². The van der Waals surface area contributed by atoms with Gasteiger partial charge in [0, 0.05) is 43.7 Å². The highest BCUT2D eigenvalue weighted by molar-refractivity contribution is 5.49. The summed E-state index contributed by atoms with van der Waals surface area (Å²) >= 11 is 0. The minimum absolute atomic E-state index is 0.0959. The van der Waals surface area contributed by atoms with Gasteiger partial charge >= 0.3 is 0 Å². The van der Waals surface area contributed by atoms with Gasteiger partial charge in [-0.2, -0.15) is 0 Å². The first kappa shape index (κ1) is 16.0. The predicted octanol–water partition coefficient (Wildman–Crippen LogP) is 1.59. The van der Waals surface area contributed by atoms with E-state index in [2.05, 4.69) is 54.8 Å². The fraction of sp³-hybridized carbons (Fsp3) is 0.733. The number of nitrogens with one attached hydrogen (secondary N) is 1. The van der Waals surface area contributed by atoms with Crippen LogP contribution in [0.1, 0.15) is 40.4 Å². The average molecular weight is 292 g/mol. The number of nitrogen functional groups attached to an aromatic ring is 1. The maximum absolute atomic E-state index is 5.56. The average Bonchev–Trinajstić information content (AvgIpc) is 2.46. The quantitative estimate of drug-likeness (QED) is 0.651. The number of rotatable bonds is 3. The molecular weight excluding hydrogens is 264 g/mol. The van der Waals surface area contributed by atoms with Gasteiger partial charge in [0.25, 0.3) is 0 Å². The van der Waals surface area contributed by atoms with E-state index in [0.29, 0.717) is 11.9 Å². The van der Waals surface area contributed by atoms with Gasteiger partial charge in [0.15, 0.2) is 0 Å². The highest BCUT2D eigenvalue weighted by Crippen LogP contribution is 2.24. The summed E-state index contributed by atoms with van der Waals surface area (Å²) < 4.78 is 0. The van der Waals surface area contributed by atoms with Gasteiger partial charge in [0.05, 0.1) is 0 Å². The molecule has 0 saturated carbocycles. The molecule has 0 atom stereocenters. The highest BCUT2D eigenvalue weighted by atomic mass is 15.3. The van der Waals surface area contributed by atoms with Crippen LogP contribution in [0.4, 0.5) is 11.6 Å². The summed E-state index contributed by atoms with van der Waals surface area (Å²) in [4.78, 5) is 14.0. The van der Waals surface area contributed by atoms with E-state index < -0.39 is 0 Å². The molecule has 0 amide bonds. The zero-order valence-electron chi connectivity index (χ0n) is 13.8. The van der Waals surface area contributed by atoms with Gasteiger partial charge in [-0.05, 0) is 13.8 Å². The molecule has 1 aliphatic heterocycles. The molecule has 1 aromatic rings. The smallest absolute Gasteiger partial charge is 0.145 e. The zero-order chi connectivity index (χ0) is 15.6. The maximum Gasteiger partial charge on any atom is 0.145 e. The summed E-state index contributed by atoms with van der Waals surface area (Å²) in [5, 5.41) is 0. The molecule has 0 aliphatic carbocycles. The summed E-state index contributed by atoms with van der Waals surface area (Å²) in [7, 11) is 0. The normalized spacial score (nSPS) is 17.4. The standard InChI is InChI=1S/C15H28N6/c1-11(2)20-6-8-21(9-7-20)13-10-12(19-16)17-14(18-13)15(3,4)5/h10-11H,6-9,16H2,1-5H3,(H,17,18,19). The van der Waals surface area contributed by atoms with Crippen LogP contribution in [0.3, 0.4) is 0 Å². The third kappa shape index (κ3) is 3.83. The fourth-order valence-electron chi connectivity index (χ4n) is 2.47. The summed E-state index contributed by atoms with van der Waals surface area (Å²) in [5.74, 6) is 8.02. The number of hydrazine groups is 1. The Morgan fingerprint density at radius 2 is 1.76 bits per heavy atom. The third-order valence-electron chi connectivity index (χ3n) is 3.90. The van der Waals surface area contributed by atoms with Crippen molar-refractivity contribution in [2.75, 3.05) is 36.5 Å². The van der Waals surface area contributed by atoms with Crippen LogP contribution < -0.4 is 16.2 Å². The number of piperazine rings is 1. The molecule has 6 heteroatoms. The predicted molar refractivity (Wildman–Crippen MR) is 87.5 cm³/mol. The second-order valence-electron chi connectivity index (χ2n) is 6.95. The van der Waals surface area contributed by atoms with Crippen molar-refractivity contribution in [3.05, 3.63) is 11.9 Å². The second kappa shape index (κ2) is 6.15. The van der Waals surface area contributed by atoms with Crippen LogP contribution in [-0.4, -0.2) is 47.1 Å². The number of hydrogen-bond acceptors (Lipinski definition) is 6. The molecule has 118 valence electrons. The lowest BCUT2D eigenvalue weighted by Crippen LogP contribution is -2.49. The first-order valence-electron chi connectivity index (χ1n) is 7.66. The van der Waals surface area contributed by atoms with Crippen molar-refractivity contribution >= 4 is 11.6 Å². The molecule has 1 aromatic heterocycles. The van der Waals surface area contributed by atoms with Crippen molar-refractivity contribution in [1.82, 2.24) is 14.9 Å². The van der Waals surface area contributed by atoms with E-state index in [9.17, 15) is 0 Å². The molecule has 1 saturated heterocycles. The van der Waals surface area contributed by atoms with E-state index >= 15 is 0 Å². The molecule has 3 N–H and O–H groups in total. The Morgan fingerprint density at radius 3 is 2.24 bits per heavy atom. The van der Waals surface area contributed by atoms with E-state index in [0.717, 1.165) is 37.8 Å². The number of aromatic nitrogens is 2. The summed E-state index contributed by atoms with van der Waals surface area (Å²) in [6.45, 7) is 14.9. The summed E-state index contributed by atoms with van der Waals surface area (Å²) in [5.41, 5.74) is 2.56. The molecule has 2 heterocycles. The van der Waals surface area contributed by atoms with Crippen LogP contribution >= 0.6 is 0 Å². The molecule has 1 fully saturated rings. The van der Waals surface area contributed by atoms with Gasteiger partial charge in [0.1, 0.15) is 17.5 Å². The molecule has 21 heavy (non-hydrogen) atoms. The monoisotopic (exact) mass is 292 g/mol. The van der Waals surface area contributed by atoms with Crippen molar-refractivity contribution in [2.45, 2.75) is 46.1 Å². The largest absolute Gasteiger partial charge is 0.354 e. The van der Waals surface area contributed by atoms with E-state index in [1.807, 2.05) is 6.07 Å². The van der Waals surface area contributed by atoms with Gasteiger partial charge in [-0.25, -0.2) is 15.8 Å². The van der Waals surface area contributed by atoms with Gasteiger partial charge in [0.2, 0.25) is 0 Å². The summed E-state index contributed by atoms with van der Waals surface area (Å²) in [6.07, 6.45) is 0. The van der Waals surface area contributed by atoms with Gasteiger partial charge in [-0.15, -0.1) is 0 Å². The second-order valence-corrected chi connectivity index (χ2v) is 6.95. The molecule has 6 nitrogen and oxygen atoms in total. The Bertz CT molecular complexity index is 472. The van der Waals surface area contributed by atoms with Crippen molar-refractivity contribution in [1.29, 1.82) is 0 Å². The Balaban J connectivity index is 2.20. The van der Waals surface area contributed by atoms with Crippen molar-refractivity contribution < 1.29 is 0 Å². The molecule has 0 radical (unpaired) electrons. The Kier molecular flexibility index (Phi) is 4.68. The topological polar surface area (TPSA) is 70.3 Å². The Labute approximate surface area is 127 Å². The molecule has 1 aliphatic rings. The Hall–Kier alpha value is -1.40. The van der Waals surface area contributed by atoms with E-state index in [4.69, 9.17) is 10.8 Å². The maximum atomic E-state index is 5.56. The van der Waals surface area contributed by atoms with Gasteiger partial charge < -0.3 is 10.3 Å². The SMILES string of the molecule is CC(C)N1CCN(c2cc(NN)nc(C(C)(C)C)n2)CC1. The molecule has 0 spiro atoms. The van der Waals surface area contributed by atoms with Crippen molar-refractivity contribution in [2.24, 2.45) is 5.84 Å². The number of nitrogens with two attached hydrogens (primary N) is 1. The highest BCUT2D eigenvalue weighted by Gasteiger charge is 2.23. The van der Waals surface area contributed by atoms with Crippen molar-refractivity contribution in [3.63, 3.8) is 0 Å². The lowest BCUT2D eigenvalue weighted by atomic mass is 9.96. The van der Waals surface area contributed by atoms with Crippen molar-refractivity contribution in [3.8, 4) is 0 Å². The molecule has 0 unspecified atom stereocenters. The van der Waals surface area contributed by atoms with Crippen LogP contribution in [0.25, 0.3) is 0 Å². The minimum atomic E-state index is -0.0959. The number of hydrogen-bond donors (Lipinski definition) is 2. The number of anilines is 2. The first-order valence-corrected chi connectivity index (χ1v) is 7.66. The third-order valence-corrected chi connectivity index (χ3v) is 3.90.